The number of hydrogen-bond donors (Lipinski definition) is 0. The fraction of sp³-hybridized carbons (Fsp3) is 0.806. The second-order valence-electron chi connectivity index (χ2n) is 14.0. The lowest BCUT2D eigenvalue weighted by Crippen LogP contribution is -2.54. The molecule has 0 amide bonds. The van der Waals surface area contributed by atoms with Crippen LogP contribution in [0.3, 0.4) is 0 Å². The Balaban J connectivity index is 1.28. The third kappa shape index (κ3) is 5.50. The fourth-order valence-electron chi connectivity index (χ4n) is 10.1. The van der Waals surface area contributed by atoms with Crippen LogP contribution < -0.4 is 0 Å². The number of sulfonamides is 2. The maximum Gasteiger partial charge on any atom is 0.256 e. The van der Waals surface area contributed by atoms with E-state index in [1.54, 1.807) is 0 Å². The molecule has 0 saturated heterocycles. The van der Waals surface area contributed by atoms with E-state index in [0.717, 1.165) is 48.7 Å². The zero-order valence-corrected chi connectivity index (χ0v) is 26.1. The number of allylic oxidation sites excluding steroid dienone is 4. The zero-order valence-electron chi connectivity index (χ0n) is 24.5. The zero-order chi connectivity index (χ0) is 28.2. The highest BCUT2D eigenvalue weighted by Crippen LogP contribution is 2.68. The van der Waals surface area contributed by atoms with Crippen LogP contribution in [0.4, 0.5) is 0 Å². The van der Waals surface area contributed by atoms with Gasteiger partial charge in [-0.2, -0.15) is 8.80 Å². The van der Waals surface area contributed by atoms with Gasteiger partial charge in [0.2, 0.25) is 0 Å². The van der Waals surface area contributed by atoms with Crippen molar-refractivity contribution in [2.45, 2.75) is 104 Å². The molecule has 39 heavy (non-hydrogen) atoms. The highest BCUT2D eigenvalue weighted by atomic mass is 32.2. The third-order valence-electron chi connectivity index (χ3n) is 11.9. The molecule has 4 saturated carbocycles. The summed E-state index contributed by atoms with van der Waals surface area (Å²) in [5.41, 5.74) is 1.33. The van der Waals surface area contributed by atoms with Crippen LogP contribution in [0.5, 0.6) is 0 Å². The van der Waals surface area contributed by atoms with E-state index in [2.05, 4.69) is 36.5 Å². The number of hydrogen-bond acceptors (Lipinski definition) is 4. The summed E-state index contributed by atoms with van der Waals surface area (Å²) >= 11 is 0. The van der Waals surface area contributed by atoms with Crippen molar-refractivity contribution in [1.29, 1.82) is 0 Å². The normalized spacial score (nSPS) is 40.9. The molecular weight excluding hydrogens is 528 g/mol. The molecule has 0 aromatic heterocycles. The van der Waals surface area contributed by atoms with E-state index in [4.69, 9.17) is 0 Å². The lowest BCUT2D eigenvalue weighted by atomic mass is 9.44. The average molecular weight is 577 g/mol. The number of rotatable bonds is 6. The fourth-order valence-corrected chi connectivity index (χ4v) is 12.1. The lowest BCUT2D eigenvalue weighted by Gasteiger charge is -2.61. The van der Waals surface area contributed by atoms with Gasteiger partial charge in [0.15, 0.2) is 0 Å². The van der Waals surface area contributed by atoms with Crippen LogP contribution in [0.25, 0.3) is 0 Å². The smallest absolute Gasteiger partial charge is 0.205 e. The summed E-state index contributed by atoms with van der Waals surface area (Å²) in [6.07, 6.45) is 20.0. The first-order valence-electron chi connectivity index (χ1n) is 15.3. The van der Waals surface area contributed by atoms with Crippen molar-refractivity contribution in [3.63, 3.8) is 0 Å². The molecule has 8 heteroatoms. The standard InChI is InChI=1S/C31H48N2O4S2/c1-6-7-21(2)27-14-15-28-26-13-8-22-20-25(16-18-30(22,3)29(26)17-19-31(27,28)4)39(36,37)33-24-11-9-23(10-12-24)32-38(5,34)35/h9-12,21-22,25-29H,6-8,13-20H2,1-5H3/t21-,22-,25?,26?,27-,28?,29?,30+,31-/m1/s1. The van der Waals surface area contributed by atoms with Gasteiger partial charge < -0.3 is 0 Å². The molecule has 0 N–H and O–H groups in total. The molecule has 5 aliphatic carbocycles. The molecule has 9 atom stereocenters. The maximum atomic E-state index is 13.4. The van der Waals surface area contributed by atoms with Crippen LogP contribution in [0, 0.1) is 46.3 Å². The molecule has 0 aromatic rings. The van der Waals surface area contributed by atoms with Gasteiger partial charge in [-0.25, -0.2) is 16.8 Å². The van der Waals surface area contributed by atoms with Gasteiger partial charge in [-0.1, -0.05) is 40.5 Å². The summed E-state index contributed by atoms with van der Waals surface area (Å²) in [5, 5.41) is -0.438. The Hall–Kier alpha value is -1.28. The van der Waals surface area contributed by atoms with Gasteiger partial charge in [0, 0.05) is 0 Å². The number of fused-ring (bicyclic) bond motifs is 5. The molecule has 6 nitrogen and oxygen atoms in total. The second-order valence-corrected chi connectivity index (χ2v) is 17.5. The summed E-state index contributed by atoms with van der Waals surface area (Å²) in [4.78, 5) is 0. The monoisotopic (exact) mass is 576 g/mol. The van der Waals surface area contributed by atoms with Crippen molar-refractivity contribution >= 4 is 31.5 Å². The number of nitrogens with zero attached hydrogens (tertiary/aromatic N) is 2. The van der Waals surface area contributed by atoms with Crippen molar-refractivity contribution in [2.24, 2.45) is 55.1 Å². The van der Waals surface area contributed by atoms with Crippen molar-refractivity contribution in [1.82, 2.24) is 0 Å². The Morgan fingerprint density at radius 2 is 1.46 bits per heavy atom. The molecular formula is C31H48N2O4S2. The molecule has 4 unspecified atom stereocenters. The summed E-state index contributed by atoms with van der Waals surface area (Å²) in [6.45, 7) is 9.94. The molecule has 0 aliphatic heterocycles. The predicted molar refractivity (Wildman–Crippen MR) is 160 cm³/mol. The summed E-state index contributed by atoms with van der Waals surface area (Å²) in [6, 6.07) is 0. The van der Waals surface area contributed by atoms with E-state index in [-0.39, 0.29) is 11.1 Å². The summed E-state index contributed by atoms with van der Waals surface area (Å²) in [5.74, 6) is 4.50. The largest absolute Gasteiger partial charge is 0.256 e. The van der Waals surface area contributed by atoms with E-state index in [0.29, 0.717) is 29.9 Å². The molecule has 5 rings (SSSR count). The van der Waals surface area contributed by atoms with E-state index in [9.17, 15) is 16.8 Å². The van der Waals surface area contributed by atoms with Crippen molar-refractivity contribution in [3.8, 4) is 0 Å². The molecule has 0 bridgehead atoms. The average Bonchev–Trinajstić information content (AvgIpc) is 3.21. The van der Waals surface area contributed by atoms with Crippen molar-refractivity contribution in [3.05, 3.63) is 24.3 Å². The molecule has 0 spiro atoms. The lowest BCUT2D eigenvalue weighted by molar-refractivity contribution is -0.113. The first-order valence-corrected chi connectivity index (χ1v) is 18.6. The molecule has 0 radical (unpaired) electrons. The molecule has 4 fully saturated rings. The van der Waals surface area contributed by atoms with Crippen LogP contribution in [0.1, 0.15) is 98.3 Å². The minimum atomic E-state index is -3.66. The van der Waals surface area contributed by atoms with Gasteiger partial charge in [-0.3, -0.25) is 0 Å². The maximum absolute atomic E-state index is 13.4. The SMILES string of the molecule is CCC[C@@H](C)[C@H]1CCC2C3CC[C@@H]4CC(S(=O)(=O)N=C5C=CC(=NS(C)(=O)=O)C=C5)CC[C@]4(C)C3CC[C@@]21C. The second kappa shape index (κ2) is 10.5. The first-order chi connectivity index (χ1) is 18.3. The minimum absolute atomic E-state index is 0.234. The predicted octanol–water partition coefficient (Wildman–Crippen LogP) is 6.75. The van der Waals surface area contributed by atoms with E-state index in [1.807, 2.05) is 0 Å². The van der Waals surface area contributed by atoms with Gasteiger partial charge >= 0.3 is 0 Å². The Bertz CT molecular complexity index is 1280. The van der Waals surface area contributed by atoms with Gasteiger partial charge in [0.25, 0.3) is 20.0 Å². The van der Waals surface area contributed by atoms with Crippen molar-refractivity contribution < 1.29 is 16.8 Å². The highest BCUT2D eigenvalue weighted by Gasteiger charge is 2.61. The van der Waals surface area contributed by atoms with Crippen LogP contribution in [-0.4, -0.2) is 39.8 Å². The van der Waals surface area contributed by atoms with Gasteiger partial charge in [0.05, 0.1) is 22.9 Å². The minimum Gasteiger partial charge on any atom is -0.205 e. The molecule has 0 aromatic carbocycles. The Labute approximate surface area is 237 Å². The third-order valence-corrected chi connectivity index (χ3v) is 14.2. The Kier molecular flexibility index (Phi) is 7.89. The van der Waals surface area contributed by atoms with Crippen molar-refractivity contribution in [2.75, 3.05) is 6.26 Å². The van der Waals surface area contributed by atoms with E-state index >= 15 is 0 Å². The summed E-state index contributed by atoms with van der Waals surface area (Å²) in [7, 11) is -7.17. The quantitative estimate of drug-likeness (QED) is 0.327. The highest BCUT2D eigenvalue weighted by molar-refractivity contribution is 7.91. The van der Waals surface area contributed by atoms with E-state index in [1.165, 1.54) is 69.2 Å². The molecule has 218 valence electrons. The van der Waals surface area contributed by atoms with Crippen LogP contribution in [-0.2, 0) is 20.0 Å². The van der Waals surface area contributed by atoms with Gasteiger partial charge in [0.1, 0.15) is 0 Å². The Morgan fingerprint density at radius 3 is 2.10 bits per heavy atom. The Morgan fingerprint density at radius 1 is 0.846 bits per heavy atom. The van der Waals surface area contributed by atoms with E-state index < -0.39 is 25.3 Å². The molecule has 0 heterocycles. The van der Waals surface area contributed by atoms with Crippen LogP contribution in [0.2, 0.25) is 0 Å². The molecule has 5 aliphatic rings. The first kappa shape index (κ1) is 29.2. The topological polar surface area (TPSA) is 93.0 Å². The van der Waals surface area contributed by atoms with Crippen LogP contribution >= 0.6 is 0 Å². The van der Waals surface area contributed by atoms with Gasteiger partial charge in [-0.05, 0) is 128 Å². The summed E-state index contributed by atoms with van der Waals surface area (Å²) < 4.78 is 57.4. The van der Waals surface area contributed by atoms with Crippen LogP contribution in [0.15, 0.2) is 33.1 Å². The van der Waals surface area contributed by atoms with Gasteiger partial charge in [-0.15, -0.1) is 0 Å².